The Bertz CT molecular complexity index is 898. The van der Waals surface area contributed by atoms with Gasteiger partial charge in [-0.3, -0.25) is 20.3 Å². The first-order valence-corrected chi connectivity index (χ1v) is 8.12. The minimum Gasteiger partial charge on any atom is -0.400 e. The van der Waals surface area contributed by atoms with Gasteiger partial charge >= 0.3 is 5.88 Å². The molecule has 8 heteroatoms. The summed E-state index contributed by atoms with van der Waals surface area (Å²) in [6.45, 7) is 2.75. The molecule has 6 nitrogen and oxygen atoms in total. The Balaban J connectivity index is 0.00000182. The monoisotopic (exact) mass is 411 g/mol. The molecule has 0 saturated heterocycles. The molecule has 0 aliphatic rings. The lowest BCUT2D eigenvalue weighted by atomic mass is 10.0. The normalized spacial score (nSPS) is 11.7. The van der Waals surface area contributed by atoms with Gasteiger partial charge in [0.15, 0.2) is 0 Å². The van der Waals surface area contributed by atoms with Gasteiger partial charge in [0.05, 0.1) is 6.17 Å². The Kier molecular flexibility index (Phi) is 8.24. The van der Waals surface area contributed by atoms with Crippen LogP contribution in [0, 0.1) is 10.1 Å². The summed E-state index contributed by atoms with van der Waals surface area (Å²) in [5.41, 5.74) is 2.88. The maximum atomic E-state index is 11.4. The number of hydrogen-bond donors (Lipinski definition) is 1. The third kappa shape index (κ3) is 4.99. The maximum absolute atomic E-state index is 11.4. The Morgan fingerprint density at radius 2 is 1.81 bits per heavy atom. The van der Waals surface area contributed by atoms with Gasteiger partial charge in [0.25, 0.3) is 0 Å². The lowest BCUT2D eigenvalue weighted by Crippen LogP contribution is -2.38. The molecular formula is C19H23Cl2N3O3. The van der Waals surface area contributed by atoms with E-state index in [0.29, 0.717) is 17.7 Å². The number of benzene rings is 2. The summed E-state index contributed by atoms with van der Waals surface area (Å²) in [4.78, 5) is 13.0. The quantitative estimate of drug-likeness (QED) is 0.356. The van der Waals surface area contributed by atoms with Crippen LogP contribution in [0.3, 0.4) is 0 Å². The van der Waals surface area contributed by atoms with Crippen LogP contribution in [0.15, 0.2) is 52.9 Å². The zero-order chi connectivity index (χ0) is 18.0. The fourth-order valence-electron chi connectivity index (χ4n) is 2.70. The molecule has 146 valence electrons. The molecule has 0 saturated carbocycles. The molecule has 2 aromatic carbocycles. The molecule has 0 spiro atoms. The number of rotatable bonds is 6. The van der Waals surface area contributed by atoms with E-state index in [2.05, 4.69) is 17.1 Å². The van der Waals surface area contributed by atoms with E-state index in [9.17, 15) is 10.1 Å². The summed E-state index contributed by atoms with van der Waals surface area (Å²) in [5.74, 6) is -0.215. The van der Waals surface area contributed by atoms with Crippen molar-refractivity contribution in [2.75, 3.05) is 14.1 Å². The first-order chi connectivity index (χ1) is 12.0. The van der Waals surface area contributed by atoms with E-state index in [1.165, 1.54) is 0 Å². The van der Waals surface area contributed by atoms with E-state index < -0.39 is 4.92 Å². The lowest BCUT2D eigenvalue weighted by Gasteiger charge is -2.21. The maximum Gasteiger partial charge on any atom is 0.442 e. The molecule has 1 atom stereocenters. The van der Waals surface area contributed by atoms with Gasteiger partial charge in [-0.25, -0.2) is 0 Å². The van der Waals surface area contributed by atoms with Crippen molar-refractivity contribution in [1.29, 1.82) is 0 Å². The fourth-order valence-corrected chi connectivity index (χ4v) is 2.70. The first-order valence-electron chi connectivity index (χ1n) is 8.12. The molecule has 3 rings (SSSR count). The average molecular weight is 412 g/mol. The molecular weight excluding hydrogens is 389 g/mol. The molecule has 0 aliphatic carbocycles. The molecule has 0 fully saturated rings. The van der Waals surface area contributed by atoms with Crippen molar-refractivity contribution in [1.82, 2.24) is 10.2 Å². The van der Waals surface area contributed by atoms with Crippen molar-refractivity contribution in [2.24, 2.45) is 0 Å². The summed E-state index contributed by atoms with van der Waals surface area (Å²) in [6.07, 6.45) is 0.225. The molecule has 0 amide bonds. The van der Waals surface area contributed by atoms with Gasteiger partial charge in [-0.05, 0) is 44.3 Å². The van der Waals surface area contributed by atoms with E-state index in [4.69, 9.17) is 4.42 Å². The van der Waals surface area contributed by atoms with Crippen LogP contribution in [0.2, 0.25) is 0 Å². The van der Waals surface area contributed by atoms with Crippen LogP contribution in [0.5, 0.6) is 0 Å². The highest BCUT2D eigenvalue weighted by molar-refractivity contribution is 5.98. The number of fused-ring (bicyclic) bond motifs is 1. The van der Waals surface area contributed by atoms with Gasteiger partial charge in [0, 0.05) is 11.9 Å². The van der Waals surface area contributed by atoms with Crippen LogP contribution in [0.1, 0.15) is 12.5 Å². The molecule has 0 bridgehead atoms. The number of furan rings is 1. The topological polar surface area (TPSA) is 71.5 Å². The highest BCUT2D eigenvalue weighted by Gasteiger charge is 2.25. The summed E-state index contributed by atoms with van der Waals surface area (Å²) in [7, 11) is 4.02. The highest BCUT2D eigenvalue weighted by atomic mass is 35.5. The van der Waals surface area contributed by atoms with Crippen LogP contribution in [-0.2, 0) is 6.54 Å². The van der Waals surface area contributed by atoms with Crippen molar-refractivity contribution < 1.29 is 9.34 Å². The summed E-state index contributed by atoms with van der Waals surface area (Å²) >= 11 is 0. The third-order valence-electron chi connectivity index (χ3n) is 4.34. The predicted octanol–water partition coefficient (Wildman–Crippen LogP) is 4.85. The molecule has 0 aliphatic heterocycles. The third-order valence-corrected chi connectivity index (χ3v) is 4.34. The summed E-state index contributed by atoms with van der Waals surface area (Å²) in [6, 6.07) is 15.0. The predicted molar refractivity (Wildman–Crippen MR) is 113 cm³/mol. The van der Waals surface area contributed by atoms with E-state index in [-0.39, 0.29) is 36.9 Å². The second kappa shape index (κ2) is 9.71. The zero-order valence-corrected chi connectivity index (χ0v) is 17.0. The zero-order valence-electron chi connectivity index (χ0n) is 15.3. The van der Waals surface area contributed by atoms with Gasteiger partial charge in [-0.1, -0.05) is 36.4 Å². The number of nitrogens with zero attached hydrogens (tertiary/aromatic N) is 2. The van der Waals surface area contributed by atoms with Gasteiger partial charge in [-0.15, -0.1) is 24.8 Å². The number of halogens is 2. The molecule has 0 radical (unpaired) electrons. The van der Waals surface area contributed by atoms with Crippen molar-refractivity contribution in [2.45, 2.75) is 19.6 Å². The Hall–Kier alpha value is -2.12. The molecule has 3 aromatic rings. The molecule has 1 N–H and O–H groups in total. The molecule has 1 unspecified atom stereocenters. The first kappa shape index (κ1) is 22.9. The Morgan fingerprint density at radius 3 is 2.41 bits per heavy atom. The van der Waals surface area contributed by atoms with E-state index in [1.807, 2.05) is 56.6 Å². The minimum absolute atomic E-state index is 0. The highest BCUT2D eigenvalue weighted by Crippen LogP contribution is 2.39. The van der Waals surface area contributed by atoms with Crippen molar-refractivity contribution in [3.05, 3.63) is 64.2 Å². The van der Waals surface area contributed by atoms with E-state index in [0.717, 1.165) is 16.5 Å². The van der Waals surface area contributed by atoms with E-state index >= 15 is 0 Å². The number of hydrogen-bond acceptors (Lipinski definition) is 5. The smallest absolute Gasteiger partial charge is 0.400 e. The van der Waals surface area contributed by atoms with Gasteiger partial charge in [0.1, 0.15) is 16.1 Å². The minimum atomic E-state index is -0.464. The van der Waals surface area contributed by atoms with Crippen molar-refractivity contribution >= 4 is 41.7 Å². The van der Waals surface area contributed by atoms with Crippen LogP contribution in [0.4, 0.5) is 5.88 Å². The van der Waals surface area contributed by atoms with Crippen LogP contribution in [-0.4, -0.2) is 30.1 Å². The van der Waals surface area contributed by atoms with Gasteiger partial charge in [-0.2, -0.15) is 0 Å². The van der Waals surface area contributed by atoms with Gasteiger partial charge < -0.3 is 4.42 Å². The molecule has 1 aromatic heterocycles. The van der Waals surface area contributed by atoms with E-state index in [1.54, 1.807) is 6.07 Å². The standard InChI is InChI=1S/C19H21N3O3.2ClH/c1-13(21(2)3)20-12-14-9-10-17-16(11-14)18(19(25-17)22(23)24)15-7-5-4-6-8-15;;/h4-11,13,20H,12H2,1-3H3;2*1H. The van der Waals surface area contributed by atoms with Crippen LogP contribution in [0.25, 0.3) is 22.1 Å². The largest absolute Gasteiger partial charge is 0.442 e. The second-order valence-electron chi connectivity index (χ2n) is 6.26. The second-order valence-corrected chi connectivity index (χ2v) is 6.26. The number of nitro groups is 1. The summed E-state index contributed by atoms with van der Waals surface area (Å²) in [5, 5.41) is 15.6. The Morgan fingerprint density at radius 1 is 1.15 bits per heavy atom. The Labute approximate surface area is 170 Å². The lowest BCUT2D eigenvalue weighted by molar-refractivity contribution is -0.400. The molecule has 1 heterocycles. The van der Waals surface area contributed by atoms with Crippen molar-refractivity contribution in [3.63, 3.8) is 0 Å². The molecule has 27 heavy (non-hydrogen) atoms. The van der Waals surface area contributed by atoms with Crippen molar-refractivity contribution in [3.8, 4) is 11.1 Å². The SMILES string of the molecule is CC(NCc1ccc2oc([N+](=O)[O-])c(-c3ccccc3)c2c1)N(C)C.Cl.Cl. The average Bonchev–Trinajstić information content (AvgIpc) is 2.99. The fraction of sp³-hybridized carbons (Fsp3) is 0.263. The van der Waals surface area contributed by atoms with Crippen LogP contribution >= 0.6 is 24.8 Å². The van der Waals surface area contributed by atoms with Gasteiger partial charge in [0.2, 0.25) is 0 Å². The number of nitrogens with one attached hydrogen (secondary N) is 1. The van der Waals surface area contributed by atoms with Crippen LogP contribution < -0.4 is 5.32 Å². The summed E-state index contributed by atoms with van der Waals surface area (Å²) < 4.78 is 5.51.